The second-order valence-corrected chi connectivity index (χ2v) is 12.2. The molecule has 0 unspecified atom stereocenters. The minimum absolute atomic E-state index is 0.472. The van der Waals surface area contributed by atoms with E-state index in [0.29, 0.717) is 5.92 Å². The third-order valence-corrected chi connectivity index (χ3v) is 9.18. The lowest BCUT2D eigenvalue weighted by atomic mass is 9.67. The number of rotatable bonds is 5. The number of hydrogen-bond donors (Lipinski definition) is 2. The average molecular weight is 583 g/mol. The molecule has 2 aliphatic rings. The van der Waals surface area contributed by atoms with Crippen molar-refractivity contribution in [2.45, 2.75) is 152 Å². The first-order valence-electron chi connectivity index (χ1n) is 17.7. The number of aryl methyl sites for hydroxylation is 1. The van der Waals surface area contributed by atoms with Crippen LogP contribution in [-0.2, 0) is 0 Å². The molecule has 42 heavy (non-hydrogen) atoms. The molecule has 0 aromatic heterocycles. The molecule has 2 fully saturated rings. The zero-order valence-electron chi connectivity index (χ0n) is 30.4. The molecule has 2 aromatic carbocycles. The van der Waals surface area contributed by atoms with E-state index in [2.05, 4.69) is 91.6 Å². The van der Waals surface area contributed by atoms with Crippen LogP contribution in [0.1, 0.15) is 162 Å². The van der Waals surface area contributed by atoms with Gasteiger partial charge in [-0.25, -0.2) is 0 Å². The van der Waals surface area contributed by atoms with Crippen LogP contribution in [0.15, 0.2) is 37.4 Å². The van der Waals surface area contributed by atoms with Crippen LogP contribution >= 0.6 is 0 Å². The minimum Gasteiger partial charge on any atom is -0.398 e. The van der Waals surface area contributed by atoms with Gasteiger partial charge in [-0.15, -0.1) is 13.2 Å². The third-order valence-electron chi connectivity index (χ3n) is 9.18. The smallest absolute Gasteiger partial charge is 0.0355 e. The molecule has 4 N–H and O–H groups in total. The molecule has 0 amide bonds. The van der Waals surface area contributed by atoms with Gasteiger partial charge in [-0.2, -0.15) is 0 Å². The van der Waals surface area contributed by atoms with Crippen LogP contribution in [0.25, 0.3) is 10.8 Å². The van der Waals surface area contributed by atoms with Gasteiger partial charge in [0.05, 0.1) is 0 Å². The predicted octanol–water partition coefficient (Wildman–Crippen LogP) is 12.8. The highest BCUT2D eigenvalue weighted by atomic mass is 14.6. The van der Waals surface area contributed by atoms with Crippen molar-refractivity contribution in [1.82, 2.24) is 0 Å². The zero-order chi connectivity index (χ0) is 32.8. The van der Waals surface area contributed by atoms with Crippen LogP contribution in [0.2, 0.25) is 0 Å². The molecule has 2 aliphatic carbocycles. The Morgan fingerprint density at radius 2 is 1.17 bits per heavy atom. The number of nitrogens with two attached hydrogens (primary N) is 2. The molecule has 0 bridgehead atoms. The number of benzene rings is 2. The molecule has 0 aliphatic heterocycles. The molecule has 4 rings (SSSR count). The van der Waals surface area contributed by atoms with Crippen molar-refractivity contribution in [3.8, 4) is 0 Å². The van der Waals surface area contributed by atoms with Gasteiger partial charge in [0.1, 0.15) is 0 Å². The summed E-state index contributed by atoms with van der Waals surface area (Å²) in [6, 6.07) is 9.49. The van der Waals surface area contributed by atoms with E-state index in [1.165, 1.54) is 93.2 Å². The molecule has 2 aromatic rings. The molecule has 2 nitrogen and oxygen atoms in total. The van der Waals surface area contributed by atoms with E-state index in [1.807, 2.05) is 27.7 Å². The van der Waals surface area contributed by atoms with Crippen LogP contribution in [0.3, 0.4) is 0 Å². The first-order valence-corrected chi connectivity index (χ1v) is 17.7. The van der Waals surface area contributed by atoms with Gasteiger partial charge >= 0.3 is 0 Å². The first-order chi connectivity index (χ1) is 20.2. The maximum absolute atomic E-state index is 6.35. The van der Waals surface area contributed by atoms with Crippen LogP contribution in [0.4, 0.5) is 5.69 Å². The maximum atomic E-state index is 6.35. The van der Waals surface area contributed by atoms with Crippen molar-refractivity contribution in [2.24, 2.45) is 29.4 Å². The number of fused-ring (bicyclic) bond motifs is 1. The van der Waals surface area contributed by atoms with Gasteiger partial charge < -0.3 is 11.5 Å². The summed E-state index contributed by atoms with van der Waals surface area (Å²) >= 11 is 0. The van der Waals surface area contributed by atoms with E-state index >= 15 is 0 Å². The molecule has 244 valence electrons. The zero-order valence-corrected chi connectivity index (χ0v) is 30.4. The Bertz CT molecular complexity index is 911. The van der Waals surface area contributed by atoms with Gasteiger partial charge in [-0.3, -0.25) is 0 Å². The Morgan fingerprint density at radius 1 is 0.714 bits per heavy atom. The lowest BCUT2D eigenvalue weighted by Crippen LogP contribution is -2.26. The average Bonchev–Trinajstić information content (AvgIpc) is 3.05. The van der Waals surface area contributed by atoms with Crippen LogP contribution in [0, 0.1) is 30.6 Å². The van der Waals surface area contributed by atoms with E-state index < -0.39 is 0 Å². The quantitative estimate of drug-likeness (QED) is 0.272. The SMILES string of the molecule is C=C.CC.CC.CCCC.CN.Cc1cc(C2CCC(C3CCC(C(C)C)CC3)CC2)cc2cc(C(C)C)c(N)cc12. The molecule has 2 saturated carbocycles. The topological polar surface area (TPSA) is 52.0 Å². The lowest BCUT2D eigenvalue weighted by Gasteiger charge is -2.39. The number of hydrogen-bond acceptors (Lipinski definition) is 2. The summed E-state index contributed by atoms with van der Waals surface area (Å²) in [6.07, 6.45) is 14.2. The standard InChI is InChI=1S/C29H43N.C4H10.2C2H6.C2H4.CH5N/c1-18(2)21-6-8-22(9-7-21)23-10-12-24(13-11-23)25-14-20(5)28-17-29(30)27(19(3)4)16-26(28)15-25;1-3-4-2;4*1-2/h14-19,21-24H,6-13,30H2,1-5H3;3-4H2,1-2H3;2*1-2H3;1-2H2;2H2,1H3. The molecule has 0 spiro atoms. The van der Waals surface area contributed by atoms with Crippen LogP contribution in [0.5, 0.6) is 0 Å². The molecule has 0 saturated heterocycles. The fourth-order valence-corrected chi connectivity index (χ4v) is 6.60. The first kappa shape index (κ1) is 42.3. The van der Waals surface area contributed by atoms with E-state index in [1.54, 1.807) is 5.56 Å². The monoisotopic (exact) mass is 583 g/mol. The van der Waals surface area contributed by atoms with Crippen LogP contribution in [-0.4, -0.2) is 7.05 Å². The Kier molecular flexibility index (Phi) is 24.8. The highest BCUT2D eigenvalue weighted by Crippen LogP contribution is 2.45. The third kappa shape index (κ3) is 13.2. The summed E-state index contributed by atoms with van der Waals surface area (Å²) in [7, 11) is 1.50. The fraction of sp³-hybridized carbons (Fsp3) is 0.700. The second-order valence-electron chi connectivity index (χ2n) is 12.2. The summed E-state index contributed by atoms with van der Waals surface area (Å²) in [6.45, 7) is 29.9. The summed E-state index contributed by atoms with van der Waals surface area (Å²) in [5, 5.41) is 2.72. The minimum atomic E-state index is 0.472. The summed E-state index contributed by atoms with van der Waals surface area (Å²) in [5.41, 5.74) is 16.0. The highest BCUT2D eigenvalue weighted by molar-refractivity contribution is 5.90. The van der Waals surface area contributed by atoms with E-state index in [9.17, 15) is 0 Å². The lowest BCUT2D eigenvalue weighted by molar-refractivity contribution is 0.142. The molecule has 0 atom stereocenters. The number of unbranched alkanes of at least 4 members (excludes halogenated alkanes) is 1. The van der Waals surface area contributed by atoms with Crippen molar-refractivity contribution < 1.29 is 0 Å². The summed E-state index contributed by atoms with van der Waals surface area (Å²) in [4.78, 5) is 0. The molecule has 0 radical (unpaired) electrons. The molecule has 2 heteroatoms. The van der Waals surface area contributed by atoms with Crippen molar-refractivity contribution in [2.75, 3.05) is 12.8 Å². The summed E-state index contributed by atoms with van der Waals surface area (Å²) < 4.78 is 0. The van der Waals surface area contributed by atoms with E-state index in [4.69, 9.17) is 5.73 Å². The van der Waals surface area contributed by atoms with Crippen molar-refractivity contribution in [3.63, 3.8) is 0 Å². The van der Waals surface area contributed by atoms with E-state index in [0.717, 1.165) is 35.3 Å². The van der Waals surface area contributed by atoms with Gasteiger partial charge in [-0.05, 0) is 140 Å². The normalized spacial score (nSPS) is 21.1. The Labute approximate surface area is 264 Å². The fourth-order valence-electron chi connectivity index (χ4n) is 6.60. The van der Waals surface area contributed by atoms with Crippen molar-refractivity contribution in [1.29, 1.82) is 0 Å². The van der Waals surface area contributed by atoms with Crippen LogP contribution < -0.4 is 11.5 Å². The molecular weight excluding hydrogens is 508 g/mol. The predicted molar refractivity (Wildman–Crippen MR) is 197 cm³/mol. The van der Waals surface area contributed by atoms with Crippen molar-refractivity contribution >= 4 is 16.5 Å². The number of nitrogen functional groups attached to an aromatic ring is 1. The molecule has 0 heterocycles. The largest absolute Gasteiger partial charge is 0.398 e. The van der Waals surface area contributed by atoms with Gasteiger partial charge in [-0.1, -0.05) is 94.2 Å². The Balaban J connectivity index is 0. The Hall–Kier alpha value is -1.80. The van der Waals surface area contributed by atoms with E-state index in [-0.39, 0.29) is 0 Å². The maximum Gasteiger partial charge on any atom is 0.0355 e. The van der Waals surface area contributed by atoms with Gasteiger partial charge in [0.25, 0.3) is 0 Å². The van der Waals surface area contributed by atoms with Gasteiger partial charge in [0, 0.05) is 5.69 Å². The Morgan fingerprint density at radius 3 is 1.57 bits per heavy atom. The second kappa shape index (κ2) is 24.6. The van der Waals surface area contributed by atoms with Gasteiger partial charge in [0.2, 0.25) is 0 Å². The highest BCUT2D eigenvalue weighted by Gasteiger charge is 2.32. The van der Waals surface area contributed by atoms with Crippen molar-refractivity contribution in [3.05, 3.63) is 54.1 Å². The summed E-state index contributed by atoms with van der Waals surface area (Å²) in [5.74, 6) is 5.09. The van der Waals surface area contributed by atoms with Gasteiger partial charge in [0.15, 0.2) is 0 Å². The molecular formula is C40H74N2. The number of anilines is 1.